The Balaban J connectivity index is 2.61. The minimum Gasteiger partial charge on any atom is -0.456 e. The molecule has 1 aromatic carbocycles. The second-order valence-electron chi connectivity index (χ2n) is 7.42. The number of esters is 1. The minimum atomic E-state index is -0.668. The average Bonchev–Trinajstić information content (AvgIpc) is 2.33. The first-order valence-electron chi connectivity index (χ1n) is 7.30. The van der Waals surface area contributed by atoms with Crippen LogP contribution in [0.2, 0.25) is 0 Å². The fraction of sp³-hybridized carbons (Fsp3) is 0.444. The van der Waals surface area contributed by atoms with E-state index < -0.39 is 17.2 Å². The fourth-order valence-corrected chi connectivity index (χ4v) is 2.21. The van der Waals surface area contributed by atoms with Gasteiger partial charge >= 0.3 is 11.6 Å². The zero-order valence-electron chi connectivity index (χ0n) is 13.9. The van der Waals surface area contributed by atoms with Crippen LogP contribution in [0.5, 0.6) is 0 Å². The first-order valence-corrected chi connectivity index (χ1v) is 7.30. The maximum absolute atomic E-state index is 12.2. The van der Waals surface area contributed by atoms with E-state index in [1.54, 1.807) is 26.8 Å². The topological polar surface area (TPSA) is 56.5 Å². The van der Waals surface area contributed by atoms with Crippen LogP contribution in [0, 0.1) is 0 Å². The normalized spacial score (nSPS) is 12.5. The van der Waals surface area contributed by atoms with Gasteiger partial charge in [-0.25, -0.2) is 9.59 Å². The molecule has 0 bridgehead atoms. The summed E-state index contributed by atoms with van der Waals surface area (Å²) in [6, 6.07) is 7.19. The molecule has 0 saturated carbocycles. The van der Waals surface area contributed by atoms with Gasteiger partial charge in [-0.15, -0.1) is 0 Å². The number of fused-ring (bicyclic) bond motifs is 1. The molecule has 0 aliphatic heterocycles. The van der Waals surface area contributed by atoms with Crippen LogP contribution >= 0.6 is 0 Å². The lowest BCUT2D eigenvalue weighted by atomic mass is 9.86. The summed E-state index contributed by atoms with van der Waals surface area (Å²) in [5.41, 5.74) is -0.119. The van der Waals surface area contributed by atoms with Gasteiger partial charge in [0.05, 0.1) is 0 Å². The molecular formula is C18H22O4. The molecule has 4 heteroatoms. The van der Waals surface area contributed by atoms with Crippen molar-refractivity contribution < 1.29 is 13.9 Å². The molecule has 0 N–H and O–H groups in total. The van der Waals surface area contributed by atoms with Crippen molar-refractivity contribution in [3.05, 3.63) is 45.8 Å². The van der Waals surface area contributed by atoms with Crippen LogP contribution in [-0.2, 0) is 10.2 Å². The van der Waals surface area contributed by atoms with Crippen LogP contribution in [-0.4, -0.2) is 11.6 Å². The molecule has 0 atom stereocenters. The Kier molecular flexibility index (Phi) is 3.90. The summed E-state index contributed by atoms with van der Waals surface area (Å²) in [5, 5.41) is 0.716. The molecule has 0 saturated heterocycles. The van der Waals surface area contributed by atoms with Gasteiger partial charge in [0.2, 0.25) is 0 Å². The van der Waals surface area contributed by atoms with Gasteiger partial charge in [-0.3, -0.25) is 0 Å². The van der Waals surface area contributed by atoms with Gasteiger partial charge in [-0.2, -0.15) is 0 Å². The van der Waals surface area contributed by atoms with Gasteiger partial charge in [0.15, 0.2) is 0 Å². The molecule has 1 heterocycles. The highest BCUT2D eigenvalue weighted by molar-refractivity contribution is 5.93. The molecule has 1 aromatic heterocycles. The molecular weight excluding hydrogens is 280 g/mol. The molecule has 0 aliphatic rings. The molecule has 118 valence electrons. The summed E-state index contributed by atoms with van der Waals surface area (Å²) < 4.78 is 10.7. The van der Waals surface area contributed by atoms with Crippen LogP contribution in [0.1, 0.15) is 57.5 Å². The van der Waals surface area contributed by atoms with Gasteiger partial charge in [-0.1, -0.05) is 39.0 Å². The van der Waals surface area contributed by atoms with Crippen molar-refractivity contribution in [1.29, 1.82) is 0 Å². The van der Waals surface area contributed by atoms with Gasteiger partial charge in [0, 0.05) is 10.9 Å². The Morgan fingerprint density at radius 2 is 1.73 bits per heavy atom. The highest BCUT2D eigenvalue weighted by atomic mass is 16.6. The number of para-hydroxylation sites is 1. The summed E-state index contributed by atoms with van der Waals surface area (Å²) in [6.07, 6.45) is 0. The molecule has 0 unspecified atom stereocenters. The quantitative estimate of drug-likeness (QED) is 0.589. The van der Waals surface area contributed by atoms with E-state index in [1.165, 1.54) is 0 Å². The molecule has 2 aromatic rings. The Hall–Kier alpha value is -2.10. The van der Waals surface area contributed by atoms with Crippen LogP contribution in [0.3, 0.4) is 0 Å². The van der Waals surface area contributed by atoms with Crippen LogP contribution in [0.25, 0.3) is 11.0 Å². The van der Waals surface area contributed by atoms with Crippen molar-refractivity contribution in [2.75, 3.05) is 0 Å². The Morgan fingerprint density at radius 3 is 2.27 bits per heavy atom. The third-order valence-electron chi connectivity index (χ3n) is 3.19. The summed E-state index contributed by atoms with van der Waals surface area (Å²) in [6.45, 7) is 11.4. The zero-order valence-corrected chi connectivity index (χ0v) is 13.9. The van der Waals surface area contributed by atoms with Crippen LogP contribution in [0.15, 0.2) is 33.5 Å². The van der Waals surface area contributed by atoms with Crippen molar-refractivity contribution in [3.8, 4) is 0 Å². The van der Waals surface area contributed by atoms with E-state index in [9.17, 15) is 9.59 Å². The second kappa shape index (κ2) is 5.27. The first-order chi connectivity index (χ1) is 9.99. The van der Waals surface area contributed by atoms with Gasteiger partial charge in [0.1, 0.15) is 16.7 Å². The van der Waals surface area contributed by atoms with E-state index >= 15 is 0 Å². The lowest BCUT2D eigenvalue weighted by molar-refractivity contribution is 0.00654. The SMILES string of the molecule is CC(C)(C)OC(=O)c1cc2cccc(C(C)(C)C)c2oc1=O. The van der Waals surface area contributed by atoms with E-state index in [0.29, 0.717) is 11.0 Å². The second-order valence-corrected chi connectivity index (χ2v) is 7.42. The van der Waals surface area contributed by atoms with E-state index in [2.05, 4.69) is 0 Å². The van der Waals surface area contributed by atoms with E-state index in [-0.39, 0.29) is 11.0 Å². The Labute approximate surface area is 130 Å². The number of carbonyl (C=O) groups excluding carboxylic acids is 1. The number of hydrogen-bond donors (Lipinski definition) is 0. The Bertz CT molecular complexity index is 770. The minimum absolute atomic E-state index is 0.0755. The number of benzene rings is 1. The van der Waals surface area contributed by atoms with Gasteiger partial charge < -0.3 is 9.15 Å². The molecule has 0 aliphatic carbocycles. The molecule has 0 amide bonds. The van der Waals surface area contributed by atoms with Crippen molar-refractivity contribution in [2.45, 2.75) is 52.6 Å². The predicted octanol–water partition coefficient (Wildman–Crippen LogP) is 4.05. The monoisotopic (exact) mass is 302 g/mol. The van der Waals surface area contributed by atoms with Crippen molar-refractivity contribution in [2.24, 2.45) is 0 Å². The molecule has 2 rings (SSSR count). The van der Waals surface area contributed by atoms with E-state index in [4.69, 9.17) is 9.15 Å². The largest absolute Gasteiger partial charge is 0.456 e. The number of hydrogen-bond acceptors (Lipinski definition) is 4. The third-order valence-corrected chi connectivity index (χ3v) is 3.19. The van der Waals surface area contributed by atoms with Crippen LogP contribution in [0.4, 0.5) is 0 Å². The summed E-state index contributed by atoms with van der Waals surface area (Å²) >= 11 is 0. The molecule has 0 radical (unpaired) electrons. The third kappa shape index (κ3) is 3.38. The highest BCUT2D eigenvalue weighted by Gasteiger charge is 2.24. The lowest BCUT2D eigenvalue weighted by Crippen LogP contribution is -2.27. The summed E-state index contributed by atoms with van der Waals surface area (Å²) in [4.78, 5) is 24.3. The van der Waals surface area contributed by atoms with E-state index in [1.807, 2.05) is 39.0 Å². The maximum Gasteiger partial charge on any atom is 0.351 e. The van der Waals surface area contributed by atoms with Crippen LogP contribution < -0.4 is 5.63 Å². The number of rotatable bonds is 1. The van der Waals surface area contributed by atoms with Crippen molar-refractivity contribution >= 4 is 16.9 Å². The van der Waals surface area contributed by atoms with E-state index in [0.717, 1.165) is 5.56 Å². The smallest absolute Gasteiger partial charge is 0.351 e. The summed E-state index contributed by atoms with van der Waals surface area (Å²) in [5.74, 6) is -0.663. The molecule has 0 spiro atoms. The standard InChI is InChI=1S/C18H22O4/c1-17(2,3)13-9-7-8-11-10-12(15(19)21-14(11)13)16(20)22-18(4,5)6/h7-10H,1-6H3. The molecule has 4 nitrogen and oxygen atoms in total. The van der Waals surface area contributed by atoms with Crippen molar-refractivity contribution in [3.63, 3.8) is 0 Å². The average molecular weight is 302 g/mol. The number of ether oxygens (including phenoxy) is 1. The lowest BCUT2D eigenvalue weighted by Gasteiger charge is -2.21. The molecule has 0 fully saturated rings. The number of carbonyl (C=O) groups is 1. The Morgan fingerprint density at radius 1 is 1.09 bits per heavy atom. The fourth-order valence-electron chi connectivity index (χ4n) is 2.21. The zero-order chi connectivity index (χ0) is 16.7. The van der Waals surface area contributed by atoms with Crippen molar-refractivity contribution in [1.82, 2.24) is 0 Å². The first kappa shape index (κ1) is 16.3. The van der Waals surface area contributed by atoms with Gasteiger partial charge in [0.25, 0.3) is 0 Å². The maximum atomic E-state index is 12.2. The predicted molar refractivity (Wildman–Crippen MR) is 86.4 cm³/mol. The summed E-state index contributed by atoms with van der Waals surface area (Å²) in [7, 11) is 0. The molecule has 22 heavy (non-hydrogen) atoms. The van der Waals surface area contributed by atoms with Gasteiger partial charge in [-0.05, 0) is 32.3 Å². The highest BCUT2D eigenvalue weighted by Crippen LogP contribution is 2.29.